The molecule has 1 aliphatic rings. The third-order valence-electron chi connectivity index (χ3n) is 4.45. The van der Waals surface area contributed by atoms with Gasteiger partial charge < -0.3 is 9.84 Å². The van der Waals surface area contributed by atoms with Crippen LogP contribution in [-0.2, 0) is 10.5 Å². The number of anilines is 1. The lowest BCUT2D eigenvalue weighted by Crippen LogP contribution is -2.12. The molecule has 3 heterocycles. The van der Waals surface area contributed by atoms with Crippen LogP contribution in [0.3, 0.4) is 0 Å². The van der Waals surface area contributed by atoms with Gasteiger partial charge in [-0.3, -0.25) is 9.59 Å². The molecule has 0 aliphatic heterocycles. The van der Waals surface area contributed by atoms with Crippen LogP contribution in [0, 0.1) is 12.8 Å². The van der Waals surface area contributed by atoms with E-state index in [1.165, 1.54) is 22.4 Å². The van der Waals surface area contributed by atoms with Crippen molar-refractivity contribution in [2.24, 2.45) is 5.92 Å². The van der Waals surface area contributed by atoms with Crippen LogP contribution >= 0.6 is 23.1 Å². The lowest BCUT2D eigenvalue weighted by molar-refractivity contribution is -0.117. The second-order valence-electron chi connectivity index (χ2n) is 6.80. The van der Waals surface area contributed by atoms with E-state index in [4.69, 9.17) is 4.52 Å². The molecule has 0 unspecified atom stereocenters. The average molecular weight is 412 g/mol. The molecule has 0 saturated heterocycles. The first-order chi connectivity index (χ1) is 13.5. The molecule has 1 fully saturated rings. The lowest BCUT2D eigenvalue weighted by Gasteiger charge is -2.03. The van der Waals surface area contributed by atoms with Crippen molar-refractivity contribution in [3.8, 4) is 0 Å². The maximum absolute atomic E-state index is 12.1. The smallest absolute Gasteiger partial charge is 0.287 e. The third kappa shape index (κ3) is 3.43. The van der Waals surface area contributed by atoms with Gasteiger partial charge in [0.25, 0.3) is 5.56 Å². The SMILES string of the molecule is Cc1cc2nc(CSc3nc4ccc(NC(=O)C5CC5)cc4s3)cc(=O)n2o1. The van der Waals surface area contributed by atoms with Gasteiger partial charge in [-0.15, -0.1) is 15.9 Å². The lowest BCUT2D eigenvalue weighted by atomic mass is 10.3. The van der Waals surface area contributed by atoms with E-state index in [1.807, 2.05) is 18.2 Å². The zero-order chi connectivity index (χ0) is 19.3. The number of rotatable bonds is 5. The normalized spacial score (nSPS) is 14.0. The highest BCUT2D eigenvalue weighted by molar-refractivity contribution is 8.00. The standard InChI is InChI=1S/C19H16N4O3S2/c1-10-6-16-20-13(8-17(24)23(16)26-10)9-27-19-22-14-5-4-12(7-15(14)28-19)21-18(25)11-2-3-11/h4-8,11H,2-3,9H2,1H3,(H,21,25). The molecule has 1 saturated carbocycles. The fourth-order valence-corrected chi connectivity index (χ4v) is 4.92. The van der Waals surface area contributed by atoms with Crippen molar-refractivity contribution in [3.05, 3.63) is 52.1 Å². The fourth-order valence-electron chi connectivity index (χ4n) is 2.92. The molecule has 0 spiro atoms. The maximum Gasteiger partial charge on any atom is 0.287 e. The number of benzene rings is 1. The molecule has 0 atom stereocenters. The van der Waals surface area contributed by atoms with E-state index in [2.05, 4.69) is 15.3 Å². The minimum Gasteiger partial charge on any atom is -0.375 e. The Balaban J connectivity index is 1.33. The third-order valence-corrected chi connectivity index (χ3v) is 6.65. The summed E-state index contributed by atoms with van der Waals surface area (Å²) in [6, 6.07) is 8.99. The zero-order valence-corrected chi connectivity index (χ0v) is 16.6. The molecule has 1 aromatic carbocycles. The number of amides is 1. The predicted octanol–water partition coefficient (Wildman–Crippen LogP) is 3.85. The molecule has 1 N–H and O–H groups in total. The van der Waals surface area contributed by atoms with E-state index in [9.17, 15) is 9.59 Å². The summed E-state index contributed by atoms with van der Waals surface area (Å²) in [7, 11) is 0. The molecule has 9 heteroatoms. The number of fused-ring (bicyclic) bond motifs is 2. The van der Waals surface area contributed by atoms with Crippen molar-refractivity contribution in [1.82, 2.24) is 14.5 Å². The van der Waals surface area contributed by atoms with E-state index in [-0.39, 0.29) is 17.4 Å². The minimum absolute atomic E-state index is 0.0979. The largest absolute Gasteiger partial charge is 0.375 e. The van der Waals surface area contributed by atoms with Gasteiger partial charge in [-0.1, -0.05) is 11.8 Å². The Kier molecular flexibility index (Phi) is 4.21. The van der Waals surface area contributed by atoms with Crippen LogP contribution in [0.5, 0.6) is 0 Å². The van der Waals surface area contributed by atoms with Crippen molar-refractivity contribution in [1.29, 1.82) is 0 Å². The van der Waals surface area contributed by atoms with Crippen molar-refractivity contribution < 1.29 is 9.32 Å². The topological polar surface area (TPSA) is 89.5 Å². The van der Waals surface area contributed by atoms with Crippen LogP contribution in [0.1, 0.15) is 24.3 Å². The summed E-state index contributed by atoms with van der Waals surface area (Å²) >= 11 is 3.10. The quantitative estimate of drug-likeness (QED) is 0.501. The highest BCUT2D eigenvalue weighted by Gasteiger charge is 2.29. The number of hydrogen-bond acceptors (Lipinski definition) is 7. The Morgan fingerprint density at radius 2 is 2.18 bits per heavy atom. The minimum atomic E-state index is -0.228. The summed E-state index contributed by atoms with van der Waals surface area (Å²) in [6.07, 6.45) is 1.97. The van der Waals surface area contributed by atoms with Crippen LogP contribution < -0.4 is 10.9 Å². The molecule has 0 radical (unpaired) electrons. The second-order valence-corrected chi connectivity index (χ2v) is 9.05. The molecule has 4 aromatic rings. The number of aryl methyl sites for hydroxylation is 1. The van der Waals surface area contributed by atoms with Gasteiger partial charge in [0.05, 0.1) is 15.9 Å². The molecular weight excluding hydrogens is 396 g/mol. The van der Waals surface area contributed by atoms with Crippen molar-refractivity contribution in [2.45, 2.75) is 29.9 Å². The van der Waals surface area contributed by atoms with E-state index in [1.54, 1.807) is 24.3 Å². The first-order valence-electron chi connectivity index (χ1n) is 8.89. The van der Waals surface area contributed by atoms with Crippen molar-refractivity contribution >= 4 is 50.6 Å². The highest BCUT2D eigenvalue weighted by atomic mass is 32.2. The van der Waals surface area contributed by atoms with E-state index in [0.717, 1.165) is 33.1 Å². The van der Waals surface area contributed by atoms with Gasteiger partial charge in [0.1, 0.15) is 5.76 Å². The monoisotopic (exact) mass is 412 g/mol. The number of nitrogens with zero attached hydrogens (tertiary/aromatic N) is 3. The Morgan fingerprint density at radius 3 is 3.00 bits per heavy atom. The summed E-state index contributed by atoms with van der Waals surface area (Å²) in [5, 5.41) is 2.97. The molecule has 1 aliphatic carbocycles. The Labute approximate surface area is 167 Å². The molecule has 142 valence electrons. The summed E-state index contributed by atoms with van der Waals surface area (Å²) in [5.74, 6) is 1.46. The molecule has 0 bridgehead atoms. The number of nitrogens with one attached hydrogen (secondary N) is 1. The average Bonchev–Trinajstić information content (AvgIpc) is 3.33. The van der Waals surface area contributed by atoms with Gasteiger partial charge in [0.15, 0.2) is 9.99 Å². The van der Waals surface area contributed by atoms with Gasteiger partial charge in [0.2, 0.25) is 5.91 Å². The number of carbonyl (C=O) groups is 1. The van der Waals surface area contributed by atoms with Crippen LogP contribution in [0.4, 0.5) is 5.69 Å². The molecule has 1 amide bonds. The number of thioether (sulfide) groups is 1. The molecule has 28 heavy (non-hydrogen) atoms. The number of thiazole rings is 1. The van der Waals surface area contributed by atoms with Crippen LogP contribution in [0.2, 0.25) is 0 Å². The van der Waals surface area contributed by atoms with E-state index in [0.29, 0.717) is 22.9 Å². The Bertz CT molecular complexity index is 1270. The van der Waals surface area contributed by atoms with E-state index < -0.39 is 0 Å². The zero-order valence-electron chi connectivity index (χ0n) is 15.0. The fraction of sp³-hybridized carbons (Fsp3) is 0.263. The maximum atomic E-state index is 12.1. The van der Waals surface area contributed by atoms with Crippen molar-refractivity contribution in [2.75, 3.05) is 5.32 Å². The van der Waals surface area contributed by atoms with Gasteiger partial charge in [-0.05, 0) is 38.0 Å². The summed E-state index contributed by atoms with van der Waals surface area (Å²) in [6.45, 7) is 1.78. The first kappa shape index (κ1) is 17.4. The molecule has 3 aromatic heterocycles. The summed E-state index contributed by atoms with van der Waals surface area (Å²) < 4.78 is 8.41. The number of carbonyl (C=O) groups excluding carboxylic acids is 1. The van der Waals surface area contributed by atoms with E-state index >= 15 is 0 Å². The van der Waals surface area contributed by atoms with Crippen LogP contribution in [-0.4, -0.2) is 20.4 Å². The van der Waals surface area contributed by atoms with Crippen LogP contribution in [0.15, 0.2) is 44.0 Å². The van der Waals surface area contributed by atoms with Gasteiger partial charge >= 0.3 is 0 Å². The predicted molar refractivity (Wildman–Crippen MR) is 109 cm³/mol. The highest BCUT2D eigenvalue weighted by Crippen LogP contribution is 2.34. The summed E-state index contributed by atoms with van der Waals surface area (Å²) in [5.41, 5.74) is 2.67. The first-order valence-corrected chi connectivity index (χ1v) is 10.7. The van der Waals surface area contributed by atoms with Gasteiger partial charge in [-0.2, -0.15) is 0 Å². The van der Waals surface area contributed by atoms with Gasteiger partial charge in [0, 0.05) is 29.5 Å². The Morgan fingerprint density at radius 1 is 1.32 bits per heavy atom. The van der Waals surface area contributed by atoms with Crippen LogP contribution in [0.25, 0.3) is 15.9 Å². The molecule has 5 rings (SSSR count). The van der Waals surface area contributed by atoms with Crippen molar-refractivity contribution in [3.63, 3.8) is 0 Å². The second kappa shape index (κ2) is 6.75. The Hall–Kier alpha value is -2.65. The molecule has 7 nitrogen and oxygen atoms in total. The molecular formula is C19H16N4O3S2. The number of hydrogen-bond donors (Lipinski definition) is 1. The number of aromatic nitrogens is 3. The summed E-state index contributed by atoms with van der Waals surface area (Å²) in [4.78, 5) is 33.1. The van der Waals surface area contributed by atoms with Gasteiger partial charge in [-0.25, -0.2) is 9.97 Å².